The number of hydrogen-bond donors (Lipinski definition) is 3. The molecule has 178 valence electrons. The minimum atomic E-state index is -6.11. The van der Waals surface area contributed by atoms with Crippen LogP contribution in [0.3, 0.4) is 0 Å². The summed E-state index contributed by atoms with van der Waals surface area (Å²) in [6.07, 6.45) is -5.64. The largest absolute Gasteiger partial charge is 0.461 e. The van der Waals surface area contributed by atoms with Gasteiger partial charge in [-0.3, -0.25) is 19.2 Å². The molecular formula is C18H27F5N4O4. The topological polar surface area (TPSA) is 122 Å². The zero-order chi connectivity index (χ0) is 24.3. The van der Waals surface area contributed by atoms with Gasteiger partial charge in [-0.15, -0.1) is 0 Å². The van der Waals surface area contributed by atoms with E-state index in [-0.39, 0.29) is 13.0 Å². The first kappa shape index (κ1) is 26.7. The highest BCUT2D eigenvalue weighted by Crippen LogP contribution is 2.37. The van der Waals surface area contributed by atoms with E-state index in [1.165, 1.54) is 27.7 Å². The smallest absolute Gasteiger partial charge is 0.344 e. The third kappa shape index (κ3) is 6.11. The van der Waals surface area contributed by atoms with Crippen LogP contribution in [-0.4, -0.2) is 71.2 Å². The number of rotatable bonds is 8. The fourth-order valence-electron chi connectivity index (χ4n) is 3.08. The summed E-state index contributed by atoms with van der Waals surface area (Å²) in [4.78, 5) is 49.9. The molecule has 13 heteroatoms. The number of alkyl halides is 5. The molecule has 0 spiro atoms. The second-order valence-corrected chi connectivity index (χ2v) is 7.88. The van der Waals surface area contributed by atoms with Crippen molar-refractivity contribution >= 4 is 23.5 Å². The molecule has 0 aromatic rings. The maximum atomic E-state index is 13.5. The van der Waals surface area contributed by atoms with E-state index in [1.54, 1.807) is 0 Å². The van der Waals surface area contributed by atoms with Crippen molar-refractivity contribution in [2.24, 2.45) is 11.7 Å². The fourth-order valence-corrected chi connectivity index (χ4v) is 3.08. The molecule has 1 heterocycles. The summed E-state index contributed by atoms with van der Waals surface area (Å²) in [5.41, 5.74) is 5.42. The Balaban J connectivity index is 2.98. The number of nitrogens with zero attached hydrogens (tertiary/aromatic N) is 1. The van der Waals surface area contributed by atoms with Crippen LogP contribution in [0.5, 0.6) is 0 Å². The van der Waals surface area contributed by atoms with Gasteiger partial charge in [-0.1, -0.05) is 13.8 Å². The minimum Gasteiger partial charge on any atom is -0.344 e. The molecule has 1 saturated heterocycles. The Bertz CT molecular complexity index is 712. The molecule has 3 amide bonds. The summed E-state index contributed by atoms with van der Waals surface area (Å²) < 4.78 is 64.8. The number of likely N-dealkylation sites (tertiary alicyclic amines) is 1. The van der Waals surface area contributed by atoms with Gasteiger partial charge in [0.2, 0.25) is 23.5 Å². The fraction of sp³-hybridized carbons (Fsp3) is 0.778. The van der Waals surface area contributed by atoms with Crippen molar-refractivity contribution in [1.82, 2.24) is 15.5 Å². The first-order chi connectivity index (χ1) is 14.0. The van der Waals surface area contributed by atoms with E-state index in [0.29, 0.717) is 6.42 Å². The highest BCUT2D eigenvalue weighted by molar-refractivity contribution is 5.97. The molecule has 0 aromatic carbocycles. The van der Waals surface area contributed by atoms with Crippen molar-refractivity contribution < 1.29 is 41.1 Å². The monoisotopic (exact) mass is 458 g/mol. The molecule has 1 aliphatic rings. The third-order valence-electron chi connectivity index (χ3n) is 4.89. The Hall–Kier alpha value is -2.31. The van der Waals surface area contributed by atoms with Gasteiger partial charge in [0, 0.05) is 6.54 Å². The average molecular weight is 458 g/mol. The number of ketones is 1. The first-order valence-corrected chi connectivity index (χ1v) is 9.68. The number of Topliss-reactive ketones (excluding diaryl/α,β-unsaturated/α-hetero) is 1. The minimum absolute atomic E-state index is 0.105. The highest BCUT2D eigenvalue weighted by Gasteiger charge is 2.64. The van der Waals surface area contributed by atoms with Crippen molar-refractivity contribution in [2.45, 2.75) is 76.8 Å². The maximum Gasteiger partial charge on any atom is 0.461 e. The zero-order valence-corrected chi connectivity index (χ0v) is 17.6. The van der Waals surface area contributed by atoms with E-state index in [2.05, 4.69) is 5.32 Å². The zero-order valence-electron chi connectivity index (χ0n) is 17.6. The number of amides is 3. The molecule has 0 aromatic heterocycles. The lowest BCUT2D eigenvalue weighted by molar-refractivity contribution is -0.270. The van der Waals surface area contributed by atoms with Gasteiger partial charge in [0.1, 0.15) is 12.1 Å². The molecule has 31 heavy (non-hydrogen) atoms. The molecule has 1 aliphatic heterocycles. The standard InChI is InChI=1S/C18H27F5N4O4/c1-8(2)12(13(28)17(19,20)18(21,22)23)26-15(30)11-6-5-7-27(11)16(31)10(4)25-14(29)9(3)24/h8-12H,5-7,24H2,1-4H3,(H,25,29)(H,26,30)/t9-,10-,11-,12-/m0/s1. The van der Waals surface area contributed by atoms with Gasteiger partial charge in [0.05, 0.1) is 12.1 Å². The number of hydrogen-bond acceptors (Lipinski definition) is 5. The van der Waals surface area contributed by atoms with Crippen LogP contribution in [0.1, 0.15) is 40.5 Å². The molecule has 0 bridgehead atoms. The SMILES string of the molecule is CC(C)[C@H](NC(=O)[C@@H]1CCCN1C(=O)[C@H](C)NC(=O)[C@H](C)N)C(=O)C(F)(F)C(F)(F)F. The number of nitrogens with two attached hydrogens (primary N) is 1. The van der Waals surface area contributed by atoms with E-state index in [0.717, 1.165) is 4.90 Å². The second kappa shape index (κ2) is 9.88. The Labute approximate surface area is 176 Å². The van der Waals surface area contributed by atoms with Crippen LogP contribution in [-0.2, 0) is 19.2 Å². The molecule has 8 nitrogen and oxygen atoms in total. The molecule has 4 atom stereocenters. The van der Waals surface area contributed by atoms with Crippen molar-refractivity contribution in [3.8, 4) is 0 Å². The van der Waals surface area contributed by atoms with Gasteiger partial charge in [-0.2, -0.15) is 22.0 Å². The normalized spacial score (nSPS) is 20.2. The van der Waals surface area contributed by atoms with Crippen LogP contribution in [0.15, 0.2) is 0 Å². The van der Waals surface area contributed by atoms with Crippen LogP contribution >= 0.6 is 0 Å². The van der Waals surface area contributed by atoms with Gasteiger partial charge in [0.25, 0.3) is 0 Å². The number of halogens is 5. The van der Waals surface area contributed by atoms with Crippen molar-refractivity contribution in [2.75, 3.05) is 6.54 Å². The maximum absolute atomic E-state index is 13.5. The molecule has 0 saturated carbocycles. The number of carbonyl (C=O) groups is 4. The lowest BCUT2D eigenvalue weighted by Gasteiger charge is -2.31. The second-order valence-electron chi connectivity index (χ2n) is 7.88. The summed E-state index contributed by atoms with van der Waals surface area (Å²) in [5.74, 6) is -11.5. The molecule has 0 aliphatic carbocycles. The van der Waals surface area contributed by atoms with E-state index < -0.39 is 65.7 Å². The van der Waals surface area contributed by atoms with Crippen molar-refractivity contribution in [3.63, 3.8) is 0 Å². The lowest BCUT2D eigenvalue weighted by Crippen LogP contribution is -2.59. The van der Waals surface area contributed by atoms with Crippen molar-refractivity contribution in [3.05, 3.63) is 0 Å². The molecule has 0 unspecified atom stereocenters. The molecule has 1 rings (SSSR count). The molecular weight excluding hydrogens is 431 g/mol. The van der Waals surface area contributed by atoms with Gasteiger partial charge >= 0.3 is 12.1 Å². The quantitative estimate of drug-likeness (QED) is 0.463. The Morgan fingerprint density at radius 1 is 1.00 bits per heavy atom. The van der Waals surface area contributed by atoms with E-state index in [9.17, 15) is 41.1 Å². The van der Waals surface area contributed by atoms with E-state index >= 15 is 0 Å². The van der Waals surface area contributed by atoms with E-state index in [1.807, 2.05) is 5.32 Å². The summed E-state index contributed by atoms with van der Waals surface area (Å²) in [7, 11) is 0. The van der Waals surface area contributed by atoms with Gasteiger partial charge in [0.15, 0.2) is 0 Å². The van der Waals surface area contributed by atoms with Crippen LogP contribution in [0.25, 0.3) is 0 Å². The Morgan fingerprint density at radius 2 is 1.55 bits per heavy atom. The molecule has 1 fully saturated rings. The first-order valence-electron chi connectivity index (χ1n) is 9.68. The summed E-state index contributed by atoms with van der Waals surface area (Å²) in [6, 6.07) is -5.24. The van der Waals surface area contributed by atoms with Crippen LogP contribution in [0.2, 0.25) is 0 Å². The van der Waals surface area contributed by atoms with Gasteiger partial charge in [-0.05, 0) is 32.6 Å². The van der Waals surface area contributed by atoms with Gasteiger partial charge in [-0.25, -0.2) is 0 Å². The summed E-state index contributed by atoms with van der Waals surface area (Å²) in [6.45, 7) is 5.28. The summed E-state index contributed by atoms with van der Waals surface area (Å²) in [5, 5.41) is 4.31. The molecule has 0 radical (unpaired) electrons. The predicted octanol–water partition coefficient (Wildman–Crippen LogP) is 0.737. The van der Waals surface area contributed by atoms with Gasteiger partial charge < -0.3 is 21.3 Å². The lowest BCUT2D eigenvalue weighted by atomic mass is 9.95. The number of carbonyl (C=O) groups excluding carboxylic acids is 4. The third-order valence-corrected chi connectivity index (χ3v) is 4.89. The predicted molar refractivity (Wildman–Crippen MR) is 98.8 cm³/mol. The molecule has 4 N–H and O–H groups in total. The summed E-state index contributed by atoms with van der Waals surface area (Å²) >= 11 is 0. The van der Waals surface area contributed by atoms with Crippen LogP contribution in [0.4, 0.5) is 22.0 Å². The van der Waals surface area contributed by atoms with Crippen LogP contribution < -0.4 is 16.4 Å². The van der Waals surface area contributed by atoms with Crippen LogP contribution in [0, 0.1) is 5.92 Å². The number of nitrogens with one attached hydrogen (secondary N) is 2. The van der Waals surface area contributed by atoms with Crippen molar-refractivity contribution in [1.29, 1.82) is 0 Å². The highest BCUT2D eigenvalue weighted by atomic mass is 19.4. The Kier molecular flexibility index (Phi) is 8.51. The Morgan fingerprint density at radius 3 is 2.00 bits per heavy atom. The average Bonchev–Trinajstić information content (AvgIpc) is 3.13. The van der Waals surface area contributed by atoms with E-state index in [4.69, 9.17) is 5.73 Å².